The van der Waals surface area contributed by atoms with Gasteiger partial charge in [0.15, 0.2) is 15.6 Å². The molecule has 140 valence electrons. The van der Waals surface area contributed by atoms with Gasteiger partial charge in [-0.1, -0.05) is 12.1 Å². The third-order valence-corrected chi connectivity index (χ3v) is 8.00. The van der Waals surface area contributed by atoms with E-state index in [2.05, 4.69) is 0 Å². The molecule has 1 saturated heterocycles. The minimum Gasteiger partial charge on any atom is -0.468 e. The van der Waals surface area contributed by atoms with Crippen molar-refractivity contribution in [2.75, 3.05) is 11.5 Å². The highest BCUT2D eigenvalue weighted by atomic mass is 32.2. The van der Waals surface area contributed by atoms with E-state index >= 15 is 0 Å². The van der Waals surface area contributed by atoms with Gasteiger partial charge in [-0.2, -0.15) is 4.31 Å². The van der Waals surface area contributed by atoms with Crippen molar-refractivity contribution >= 4 is 25.6 Å². The van der Waals surface area contributed by atoms with Crippen LogP contribution in [-0.2, 0) is 26.4 Å². The molecule has 0 amide bonds. The molecule has 2 heterocycles. The van der Waals surface area contributed by atoms with Crippen molar-refractivity contribution in [3.63, 3.8) is 0 Å². The first-order chi connectivity index (χ1) is 12.2. The fourth-order valence-corrected chi connectivity index (χ4v) is 6.47. The van der Waals surface area contributed by atoms with Gasteiger partial charge in [-0.3, -0.25) is 4.79 Å². The van der Waals surface area contributed by atoms with Crippen LogP contribution in [0.25, 0.3) is 0 Å². The van der Waals surface area contributed by atoms with Crippen molar-refractivity contribution in [3.05, 3.63) is 54.0 Å². The van der Waals surface area contributed by atoms with E-state index in [-0.39, 0.29) is 40.7 Å². The molecule has 9 heteroatoms. The minimum absolute atomic E-state index is 0.0407. The molecule has 3 rings (SSSR count). The first-order valence-corrected chi connectivity index (χ1v) is 11.3. The van der Waals surface area contributed by atoms with Gasteiger partial charge in [-0.05, 0) is 37.6 Å². The van der Waals surface area contributed by atoms with E-state index in [4.69, 9.17) is 4.42 Å². The summed E-state index contributed by atoms with van der Waals surface area (Å²) in [5, 5.41) is 0. The Morgan fingerprint density at radius 1 is 1.27 bits per heavy atom. The van der Waals surface area contributed by atoms with Gasteiger partial charge in [0.25, 0.3) is 0 Å². The number of carbonyl (C=O) groups excluding carboxylic acids is 1. The number of nitrogens with zero attached hydrogens (tertiary/aromatic N) is 1. The highest BCUT2D eigenvalue weighted by Gasteiger charge is 2.39. The van der Waals surface area contributed by atoms with Crippen molar-refractivity contribution in [2.24, 2.45) is 0 Å². The number of sulfone groups is 1. The number of hydrogen-bond donors (Lipinski definition) is 0. The Balaban J connectivity index is 2.02. The molecule has 1 atom stereocenters. The van der Waals surface area contributed by atoms with Crippen LogP contribution in [0.3, 0.4) is 0 Å². The average Bonchev–Trinajstić information content (AvgIpc) is 3.21. The van der Waals surface area contributed by atoms with Crippen molar-refractivity contribution in [1.29, 1.82) is 0 Å². The molecule has 0 bridgehead atoms. The molecule has 7 nitrogen and oxygen atoms in total. The Kier molecular flexibility index (Phi) is 5.05. The molecule has 2 aromatic rings. The standard InChI is InChI=1S/C17H19NO6S2/c1-13(19)14-4-2-6-17(10-14)26(22,23)18(11-16-5-3-8-24-16)15-7-9-25(20,21)12-15/h2-6,8,10,15H,7,9,11-12H2,1H3/t15-/m0/s1. The van der Waals surface area contributed by atoms with Gasteiger partial charge >= 0.3 is 0 Å². The maximum atomic E-state index is 13.2. The zero-order valence-corrected chi connectivity index (χ0v) is 15.8. The third-order valence-electron chi connectivity index (χ3n) is 4.35. The predicted octanol–water partition coefficient (Wildman–Crippen LogP) is 1.86. The first-order valence-electron chi connectivity index (χ1n) is 8.05. The summed E-state index contributed by atoms with van der Waals surface area (Å²) in [7, 11) is -7.28. The monoisotopic (exact) mass is 397 g/mol. The molecule has 0 unspecified atom stereocenters. The van der Waals surface area contributed by atoms with Gasteiger partial charge in [0.1, 0.15) is 5.76 Å². The van der Waals surface area contributed by atoms with Crippen molar-refractivity contribution in [3.8, 4) is 0 Å². The van der Waals surface area contributed by atoms with Crippen LogP contribution in [0.15, 0.2) is 52.0 Å². The number of sulfonamides is 1. The molecular formula is C17H19NO6S2. The van der Waals surface area contributed by atoms with E-state index in [1.54, 1.807) is 12.1 Å². The molecule has 0 saturated carbocycles. The van der Waals surface area contributed by atoms with Crippen LogP contribution in [0, 0.1) is 0 Å². The fourth-order valence-electron chi connectivity index (χ4n) is 2.98. The Bertz CT molecular complexity index is 1010. The second kappa shape index (κ2) is 6.98. The van der Waals surface area contributed by atoms with E-state index < -0.39 is 25.9 Å². The lowest BCUT2D eigenvalue weighted by Gasteiger charge is -2.26. The number of carbonyl (C=O) groups is 1. The molecular weight excluding hydrogens is 378 g/mol. The maximum absolute atomic E-state index is 13.2. The molecule has 1 aliphatic heterocycles. The minimum atomic E-state index is -4.01. The lowest BCUT2D eigenvalue weighted by Crippen LogP contribution is -2.40. The van der Waals surface area contributed by atoms with E-state index in [0.29, 0.717) is 5.76 Å². The number of furan rings is 1. The number of rotatable bonds is 6. The molecule has 26 heavy (non-hydrogen) atoms. The zero-order chi connectivity index (χ0) is 18.9. The van der Waals surface area contributed by atoms with Crippen LogP contribution in [0.2, 0.25) is 0 Å². The maximum Gasteiger partial charge on any atom is 0.243 e. The van der Waals surface area contributed by atoms with Gasteiger partial charge in [-0.15, -0.1) is 0 Å². The van der Waals surface area contributed by atoms with E-state index in [0.717, 1.165) is 4.31 Å². The van der Waals surface area contributed by atoms with Gasteiger partial charge in [-0.25, -0.2) is 16.8 Å². The Morgan fingerprint density at radius 3 is 2.62 bits per heavy atom. The van der Waals surface area contributed by atoms with Crippen molar-refractivity contribution in [1.82, 2.24) is 4.31 Å². The second-order valence-electron chi connectivity index (χ2n) is 6.27. The summed E-state index contributed by atoms with van der Waals surface area (Å²) in [4.78, 5) is 11.5. The van der Waals surface area contributed by atoms with Crippen LogP contribution in [0.4, 0.5) is 0 Å². The van der Waals surface area contributed by atoms with Crippen LogP contribution < -0.4 is 0 Å². The summed E-state index contributed by atoms with van der Waals surface area (Å²) in [6.45, 7) is 1.29. The zero-order valence-electron chi connectivity index (χ0n) is 14.2. The predicted molar refractivity (Wildman–Crippen MR) is 94.9 cm³/mol. The van der Waals surface area contributed by atoms with Crippen LogP contribution in [-0.4, -0.2) is 44.5 Å². The number of ketones is 1. The Labute approximate surface area is 152 Å². The molecule has 0 N–H and O–H groups in total. The summed E-state index contributed by atoms with van der Waals surface area (Å²) in [5.41, 5.74) is 0.281. The molecule has 0 radical (unpaired) electrons. The van der Waals surface area contributed by atoms with Crippen molar-refractivity contribution in [2.45, 2.75) is 30.8 Å². The lowest BCUT2D eigenvalue weighted by atomic mass is 10.2. The summed E-state index contributed by atoms with van der Waals surface area (Å²) in [5.74, 6) is -0.0991. The second-order valence-corrected chi connectivity index (χ2v) is 10.4. The lowest BCUT2D eigenvalue weighted by molar-refractivity contribution is 0.101. The smallest absolute Gasteiger partial charge is 0.243 e. The number of Topliss-reactive ketones (excluding diaryl/α,β-unsaturated/α-hetero) is 1. The van der Waals surface area contributed by atoms with Gasteiger partial charge in [0.05, 0.1) is 29.2 Å². The Morgan fingerprint density at radius 2 is 2.04 bits per heavy atom. The molecule has 0 spiro atoms. The van der Waals surface area contributed by atoms with Crippen molar-refractivity contribution < 1.29 is 26.0 Å². The average molecular weight is 397 g/mol. The van der Waals surface area contributed by atoms with E-state index in [1.807, 2.05) is 0 Å². The summed E-state index contributed by atoms with van der Waals surface area (Å²) in [6.07, 6.45) is 1.66. The normalized spacial score (nSPS) is 19.7. The van der Waals surface area contributed by atoms with E-state index in [1.165, 1.54) is 37.5 Å². The van der Waals surface area contributed by atoms with Gasteiger partial charge in [0.2, 0.25) is 10.0 Å². The van der Waals surface area contributed by atoms with Gasteiger partial charge < -0.3 is 4.42 Å². The van der Waals surface area contributed by atoms with Crippen LogP contribution in [0.1, 0.15) is 29.5 Å². The van der Waals surface area contributed by atoms with Crippen LogP contribution in [0.5, 0.6) is 0 Å². The summed E-state index contributed by atoms with van der Waals surface area (Å²) < 4.78 is 56.6. The summed E-state index contributed by atoms with van der Waals surface area (Å²) >= 11 is 0. The number of hydrogen-bond acceptors (Lipinski definition) is 6. The van der Waals surface area contributed by atoms with Gasteiger partial charge in [0, 0.05) is 11.6 Å². The SMILES string of the molecule is CC(=O)c1cccc(S(=O)(=O)N(Cc2ccco2)[C@H]2CCS(=O)(=O)C2)c1. The quantitative estimate of drug-likeness (QED) is 0.690. The number of benzene rings is 1. The molecule has 1 aromatic heterocycles. The highest BCUT2D eigenvalue weighted by Crippen LogP contribution is 2.27. The molecule has 1 aromatic carbocycles. The largest absolute Gasteiger partial charge is 0.468 e. The van der Waals surface area contributed by atoms with E-state index in [9.17, 15) is 21.6 Å². The molecule has 1 aliphatic rings. The Hall–Kier alpha value is -1.97. The molecule has 1 fully saturated rings. The van der Waals surface area contributed by atoms with Crippen LogP contribution >= 0.6 is 0 Å². The highest BCUT2D eigenvalue weighted by molar-refractivity contribution is 7.92. The molecule has 0 aliphatic carbocycles. The third kappa shape index (κ3) is 3.89. The topological polar surface area (TPSA) is 102 Å². The fraction of sp³-hybridized carbons (Fsp3) is 0.353. The first kappa shape index (κ1) is 18.8. The summed E-state index contributed by atoms with van der Waals surface area (Å²) in [6, 6.07) is 8.37.